The highest BCUT2D eigenvalue weighted by atomic mass is 16.4. The predicted octanol–water partition coefficient (Wildman–Crippen LogP) is 1.67. The van der Waals surface area contributed by atoms with Gasteiger partial charge < -0.3 is 24.6 Å². The molecule has 1 unspecified atom stereocenters. The van der Waals surface area contributed by atoms with Crippen LogP contribution in [0.3, 0.4) is 0 Å². The Hall–Kier alpha value is -1.73. The molecule has 0 aromatic rings. The lowest BCUT2D eigenvalue weighted by Crippen LogP contribution is -2.55. The number of allylic oxidation sites excluding steroid dienone is 1. The third kappa shape index (κ3) is 14.3. The van der Waals surface area contributed by atoms with Gasteiger partial charge in [-0.1, -0.05) is 44.6 Å². The van der Waals surface area contributed by atoms with Crippen LogP contribution in [0.1, 0.15) is 70.6 Å². The third-order valence-electron chi connectivity index (χ3n) is 4.41. The number of carboxylic acid groups (broad SMARTS) is 2. The topological polar surface area (TPSA) is 115 Å². The van der Waals surface area contributed by atoms with Crippen molar-refractivity contribution in [3.05, 3.63) is 12.2 Å². The minimum Gasteiger partial charge on any atom is -0.550 e. The molecule has 0 rings (SSSR count). The van der Waals surface area contributed by atoms with E-state index in [2.05, 4.69) is 0 Å². The summed E-state index contributed by atoms with van der Waals surface area (Å²) in [7, 11) is 5.34. The molecule has 162 valence electrons. The third-order valence-corrected chi connectivity index (χ3v) is 4.41. The van der Waals surface area contributed by atoms with Crippen molar-refractivity contribution in [2.24, 2.45) is 0 Å². The van der Waals surface area contributed by atoms with Crippen LogP contribution in [0.25, 0.3) is 0 Å². The van der Waals surface area contributed by atoms with Crippen LogP contribution in [0.15, 0.2) is 12.2 Å². The molecular formula is C21H37NO6. The number of carbonyl (C=O) groups is 3. The van der Waals surface area contributed by atoms with Gasteiger partial charge in [-0.25, -0.2) is 0 Å². The zero-order chi connectivity index (χ0) is 21.6. The van der Waals surface area contributed by atoms with Gasteiger partial charge in [-0.2, -0.15) is 0 Å². The number of carbonyl (C=O) groups excluding carboxylic acids is 2. The van der Waals surface area contributed by atoms with E-state index in [1.165, 1.54) is 6.08 Å². The molecule has 0 radical (unpaired) electrons. The van der Waals surface area contributed by atoms with Crippen LogP contribution in [0.4, 0.5) is 0 Å². The van der Waals surface area contributed by atoms with E-state index in [0.717, 1.165) is 51.4 Å². The van der Waals surface area contributed by atoms with Crippen molar-refractivity contribution in [2.75, 3.05) is 27.7 Å². The Morgan fingerprint density at radius 1 is 0.929 bits per heavy atom. The quantitative estimate of drug-likeness (QED) is 0.218. The first kappa shape index (κ1) is 26.3. The summed E-state index contributed by atoms with van der Waals surface area (Å²) >= 11 is 0. The Morgan fingerprint density at radius 3 is 1.89 bits per heavy atom. The standard InChI is InChI=1S/C21H37NO6/c1-22(2,3)17-21(28,16-20(26)27)18(23)14-12-10-8-6-4-5-7-9-11-13-15-19(24)25/h12,14,28H,4-11,13,15-17H2,1-3H3,(H-,24,25,26,27). The van der Waals surface area contributed by atoms with Crippen molar-refractivity contribution in [3.8, 4) is 0 Å². The van der Waals surface area contributed by atoms with Crippen LogP contribution in [0.5, 0.6) is 0 Å². The normalized spacial score (nSPS) is 14.1. The number of hydrogen-bond acceptors (Lipinski definition) is 5. The maximum absolute atomic E-state index is 12.3. The van der Waals surface area contributed by atoms with Gasteiger partial charge in [0.25, 0.3) is 0 Å². The number of quaternary nitrogens is 1. The summed E-state index contributed by atoms with van der Waals surface area (Å²) in [6.45, 7) is -0.00335. The van der Waals surface area contributed by atoms with E-state index in [0.29, 0.717) is 6.42 Å². The lowest BCUT2D eigenvalue weighted by molar-refractivity contribution is -0.875. The lowest BCUT2D eigenvalue weighted by atomic mass is 9.92. The number of rotatable bonds is 17. The van der Waals surface area contributed by atoms with Gasteiger partial charge in [-0.3, -0.25) is 9.59 Å². The second-order valence-corrected chi connectivity index (χ2v) is 8.56. The van der Waals surface area contributed by atoms with Crippen LogP contribution in [0, 0.1) is 0 Å². The maximum Gasteiger partial charge on any atom is 0.303 e. The maximum atomic E-state index is 12.3. The Bertz CT molecular complexity index is 523. The number of aliphatic carboxylic acids is 2. The summed E-state index contributed by atoms with van der Waals surface area (Å²) in [6.07, 6.45) is 11.3. The summed E-state index contributed by atoms with van der Waals surface area (Å²) < 4.78 is 0.264. The number of ketones is 1. The second-order valence-electron chi connectivity index (χ2n) is 8.56. The van der Waals surface area contributed by atoms with E-state index in [-0.39, 0.29) is 17.4 Å². The van der Waals surface area contributed by atoms with E-state index >= 15 is 0 Å². The second kappa shape index (κ2) is 13.4. The molecule has 7 nitrogen and oxygen atoms in total. The minimum atomic E-state index is -1.95. The van der Waals surface area contributed by atoms with Gasteiger partial charge in [0.2, 0.25) is 0 Å². The number of nitrogens with zero attached hydrogens (tertiary/aromatic N) is 1. The van der Waals surface area contributed by atoms with Crippen LogP contribution < -0.4 is 5.11 Å². The lowest BCUT2D eigenvalue weighted by Gasteiger charge is -2.34. The molecule has 0 aromatic heterocycles. The fraction of sp³-hybridized carbons (Fsp3) is 0.762. The molecule has 7 heteroatoms. The number of likely N-dealkylation sites (N-methyl/N-ethyl adjacent to an activating group) is 1. The molecular weight excluding hydrogens is 362 g/mol. The van der Waals surface area contributed by atoms with Crippen molar-refractivity contribution in [1.29, 1.82) is 0 Å². The molecule has 0 spiro atoms. The Morgan fingerprint density at radius 2 is 1.43 bits per heavy atom. The SMILES string of the molecule is C[N+](C)(C)CC(O)(CC(=O)[O-])C(=O)C=CCCCCCCCCCCC(=O)O. The molecule has 0 heterocycles. The first-order valence-electron chi connectivity index (χ1n) is 10.1. The zero-order valence-corrected chi connectivity index (χ0v) is 17.6. The largest absolute Gasteiger partial charge is 0.550 e. The number of carboxylic acids is 2. The number of unbranched alkanes of at least 4 members (excludes halogenated alkanes) is 8. The fourth-order valence-corrected chi connectivity index (χ4v) is 3.19. The Labute approximate surface area is 168 Å². The molecule has 0 saturated heterocycles. The van der Waals surface area contributed by atoms with Crippen LogP contribution in [0.2, 0.25) is 0 Å². The highest BCUT2D eigenvalue weighted by Gasteiger charge is 2.39. The minimum absolute atomic E-state index is 0.00335. The van der Waals surface area contributed by atoms with Gasteiger partial charge >= 0.3 is 5.97 Å². The highest BCUT2D eigenvalue weighted by Crippen LogP contribution is 2.17. The first-order chi connectivity index (χ1) is 13.0. The summed E-state index contributed by atoms with van der Waals surface area (Å²) in [5, 5.41) is 30.0. The molecule has 2 N–H and O–H groups in total. The molecule has 0 aromatic carbocycles. The van der Waals surface area contributed by atoms with Gasteiger partial charge in [0, 0.05) is 18.8 Å². The molecule has 1 atom stereocenters. The zero-order valence-electron chi connectivity index (χ0n) is 17.6. The molecule has 0 fully saturated rings. The van der Waals surface area contributed by atoms with Gasteiger partial charge in [-0.15, -0.1) is 0 Å². The Kier molecular flexibility index (Phi) is 12.6. The smallest absolute Gasteiger partial charge is 0.303 e. The van der Waals surface area contributed by atoms with Crippen LogP contribution in [-0.4, -0.2) is 65.7 Å². The van der Waals surface area contributed by atoms with E-state index in [1.807, 2.05) is 0 Å². The Balaban J connectivity index is 4.04. The van der Waals surface area contributed by atoms with Crippen LogP contribution in [-0.2, 0) is 14.4 Å². The van der Waals surface area contributed by atoms with Crippen molar-refractivity contribution < 1.29 is 34.2 Å². The summed E-state index contributed by atoms with van der Waals surface area (Å²) in [5.74, 6) is -2.77. The van der Waals surface area contributed by atoms with Gasteiger partial charge in [0.15, 0.2) is 11.4 Å². The summed E-state index contributed by atoms with van der Waals surface area (Å²) in [4.78, 5) is 33.6. The van der Waals surface area contributed by atoms with Gasteiger partial charge in [-0.05, 0) is 25.3 Å². The average molecular weight is 400 g/mol. The van der Waals surface area contributed by atoms with E-state index in [4.69, 9.17) is 5.11 Å². The molecule has 0 saturated carbocycles. The van der Waals surface area contributed by atoms with Crippen LogP contribution >= 0.6 is 0 Å². The van der Waals surface area contributed by atoms with Crippen molar-refractivity contribution in [3.63, 3.8) is 0 Å². The van der Waals surface area contributed by atoms with Crippen molar-refractivity contribution in [1.82, 2.24) is 0 Å². The highest BCUT2D eigenvalue weighted by molar-refractivity contribution is 5.99. The van der Waals surface area contributed by atoms with Gasteiger partial charge in [0.1, 0.15) is 6.54 Å². The molecule has 0 aliphatic rings. The van der Waals surface area contributed by atoms with Gasteiger partial charge in [0.05, 0.1) is 21.1 Å². The summed E-state index contributed by atoms with van der Waals surface area (Å²) in [5.41, 5.74) is -1.95. The van der Waals surface area contributed by atoms with E-state index in [1.54, 1.807) is 27.2 Å². The summed E-state index contributed by atoms with van der Waals surface area (Å²) in [6, 6.07) is 0. The van der Waals surface area contributed by atoms with E-state index in [9.17, 15) is 24.6 Å². The monoisotopic (exact) mass is 399 g/mol. The molecule has 28 heavy (non-hydrogen) atoms. The molecule has 0 amide bonds. The van der Waals surface area contributed by atoms with Crippen molar-refractivity contribution in [2.45, 2.75) is 76.2 Å². The number of hydrogen-bond donors (Lipinski definition) is 2. The van der Waals surface area contributed by atoms with E-state index < -0.39 is 29.7 Å². The molecule has 0 bridgehead atoms. The average Bonchev–Trinajstić information content (AvgIpc) is 2.52. The first-order valence-corrected chi connectivity index (χ1v) is 10.1. The predicted molar refractivity (Wildman–Crippen MR) is 105 cm³/mol. The molecule has 0 aliphatic heterocycles. The fourth-order valence-electron chi connectivity index (χ4n) is 3.19. The molecule has 0 aliphatic carbocycles. The van der Waals surface area contributed by atoms with Crippen molar-refractivity contribution >= 4 is 17.7 Å². The number of aliphatic hydroxyl groups is 1.